The Kier molecular flexibility index (Phi) is 4.08. The van der Waals surface area contributed by atoms with Crippen molar-refractivity contribution in [2.45, 2.75) is 44.8 Å². The van der Waals surface area contributed by atoms with Gasteiger partial charge in [0.15, 0.2) is 0 Å². The lowest BCUT2D eigenvalue weighted by atomic mass is 9.70. The van der Waals surface area contributed by atoms with E-state index in [-0.39, 0.29) is 5.41 Å². The third kappa shape index (κ3) is 2.99. The monoisotopic (exact) mass is 242 g/mol. The Labute approximate surface area is 104 Å². The minimum Gasteiger partial charge on any atom is -0.389 e. The number of aliphatic hydroxyl groups excluding tert-OH is 2. The Morgan fingerprint density at radius 2 is 1.71 bits per heavy atom. The number of nitrogens with two attached hydrogens (primary N) is 1. The van der Waals surface area contributed by atoms with Gasteiger partial charge in [0.2, 0.25) is 0 Å². The van der Waals surface area contributed by atoms with Gasteiger partial charge in [-0.25, -0.2) is 0 Å². The van der Waals surface area contributed by atoms with Gasteiger partial charge in [-0.2, -0.15) is 0 Å². The third-order valence-corrected chi connectivity index (χ3v) is 4.66. The second kappa shape index (κ2) is 5.22. The number of rotatable bonds is 3. The van der Waals surface area contributed by atoms with Crippen molar-refractivity contribution in [1.82, 2.24) is 4.90 Å². The molecule has 0 bridgehead atoms. The van der Waals surface area contributed by atoms with E-state index in [2.05, 4.69) is 11.8 Å². The molecule has 4 nitrogen and oxygen atoms in total. The quantitative estimate of drug-likeness (QED) is 0.660. The summed E-state index contributed by atoms with van der Waals surface area (Å²) in [5, 5.41) is 19.1. The maximum absolute atomic E-state index is 9.57. The molecule has 4 heteroatoms. The fraction of sp³-hybridized carbons (Fsp3) is 1.00. The molecule has 2 rings (SSSR count). The predicted molar refractivity (Wildman–Crippen MR) is 67.6 cm³/mol. The summed E-state index contributed by atoms with van der Waals surface area (Å²) in [5.41, 5.74) is 6.20. The van der Waals surface area contributed by atoms with E-state index in [0.717, 1.165) is 19.0 Å². The minimum absolute atomic E-state index is 0.219. The van der Waals surface area contributed by atoms with E-state index >= 15 is 0 Å². The lowest BCUT2D eigenvalue weighted by Crippen LogP contribution is -2.44. The Morgan fingerprint density at radius 3 is 2.18 bits per heavy atom. The lowest BCUT2D eigenvalue weighted by molar-refractivity contribution is 0.0572. The van der Waals surface area contributed by atoms with E-state index < -0.39 is 12.2 Å². The largest absolute Gasteiger partial charge is 0.389 e. The van der Waals surface area contributed by atoms with Crippen LogP contribution in [0.5, 0.6) is 0 Å². The average Bonchev–Trinajstić information content (AvgIpc) is 2.62. The van der Waals surface area contributed by atoms with E-state index in [4.69, 9.17) is 5.73 Å². The van der Waals surface area contributed by atoms with E-state index in [1.54, 1.807) is 0 Å². The van der Waals surface area contributed by atoms with Crippen molar-refractivity contribution < 1.29 is 10.2 Å². The van der Waals surface area contributed by atoms with Crippen LogP contribution in [0.4, 0.5) is 0 Å². The van der Waals surface area contributed by atoms with Crippen LogP contribution in [0.25, 0.3) is 0 Å². The fourth-order valence-corrected chi connectivity index (χ4v) is 3.25. The molecule has 1 aliphatic heterocycles. The second-order valence-corrected chi connectivity index (χ2v) is 6.22. The van der Waals surface area contributed by atoms with E-state index in [0.29, 0.717) is 13.1 Å². The highest BCUT2D eigenvalue weighted by Crippen LogP contribution is 2.39. The smallest absolute Gasteiger partial charge is 0.0938 e. The Bertz CT molecular complexity index is 242. The molecule has 0 aromatic heterocycles. The van der Waals surface area contributed by atoms with E-state index in [1.807, 2.05) is 0 Å². The molecule has 2 atom stereocenters. The van der Waals surface area contributed by atoms with Crippen LogP contribution in [0.1, 0.15) is 32.6 Å². The van der Waals surface area contributed by atoms with Crippen LogP contribution in [0.2, 0.25) is 0 Å². The summed E-state index contributed by atoms with van der Waals surface area (Å²) in [6.07, 6.45) is 3.74. The zero-order valence-electron chi connectivity index (χ0n) is 10.8. The van der Waals surface area contributed by atoms with Gasteiger partial charge in [0, 0.05) is 19.6 Å². The maximum Gasteiger partial charge on any atom is 0.0938 e. The molecule has 1 saturated heterocycles. The Morgan fingerprint density at radius 1 is 1.18 bits per heavy atom. The Balaban J connectivity index is 1.91. The lowest BCUT2D eigenvalue weighted by Gasteiger charge is -2.41. The average molecular weight is 242 g/mol. The molecule has 0 amide bonds. The van der Waals surface area contributed by atoms with Gasteiger partial charge in [-0.1, -0.05) is 19.8 Å². The highest BCUT2D eigenvalue weighted by Gasteiger charge is 2.38. The van der Waals surface area contributed by atoms with Crippen LogP contribution in [0, 0.1) is 11.3 Å². The van der Waals surface area contributed by atoms with Crippen LogP contribution < -0.4 is 5.73 Å². The molecule has 4 N–H and O–H groups in total. The van der Waals surface area contributed by atoms with Crippen molar-refractivity contribution in [3.05, 3.63) is 0 Å². The molecule has 100 valence electrons. The topological polar surface area (TPSA) is 69.7 Å². The first-order valence-electron chi connectivity index (χ1n) is 6.83. The predicted octanol–water partition coefficient (Wildman–Crippen LogP) is 0.179. The number of hydrogen-bond acceptors (Lipinski definition) is 4. The molecule has 17 heavy (non-hydrogen) atoms. The molecule has 1 aliphatic carbocycles. The fourth-order valence-electron chi connectivity index (χ4n) is 3.25. The number of aliphatic hydroxyl groups is 2. The summed E-state index contributed by atoms with van der Waals surface area (Å²) in [4.78, 5) is 2.18. The van der Waals surface area contributed by atoms with Gasteiger partial charge in [-0.3, -0.25) is 4.90 Å². The van der Waals surface area contributed by atoms with Crippen LogP contribution in [0.15, 0.2) is 0 Å². The van der Waals surface area contributed by atoms with Crippen LogP contribution in [0.3, 0.4) is 0 Å². The summed E-state index contributed by atoms with van der Waals surface area (Å²) >= 11 is 0. The molecular weight excluding hydrogens is 216 g/mol. The van der Waals surface area contributed by atoms with Gasteiger partial charge in [-0.05, 0) is 30.7 Å². The van der Waals surface area contributed by atoms with Crippen LogP contribution in [-0.2, 0) is 0 Å². The van der Waals surface area contributed by atoms with Crippen molar-refractivity contribution in [1.29, 1.82) is 0 Å². The number of nitrogens with zero attached hydrogens (tertiary/aromatic N) is 1. The van der Waals surface area contributed by atoms with Crippen molar-refractivity contribution >= 4 is 0 Å². The first-order chi connectivity index (χ1) is 8.04. The summed E-state index contributed by atoms with van der Waals surface area (Å²) in [6, 6.07) is 0. The third-order valence-electron chi connectivity index (χ3n) is 4.66. The van der Waals surface area contributed by atoms with Gasteiger partial charge < -0.3 is 15.9 Å². The van der Waals surface area contributed by atoms with Crippen LogP contribution in [-0.4, -0.2) is 53.5 Å². The zero-order valence-corrected chi connectivity index (χ0v) is 10.8. The van der Waals surface area contributed by atoms with Crippen molar-refractivity contribution in [3.63, 3.8) is 0 Å². The second-order valence-electron chi connectivity index (χ2n) is 6.22. The normalized spacial score (nSPS) is 44.1. The van der Waals surface area contributed by atoms with Gasteiger partial charge >= 0.3 is 0 Å². The van der Waals surface area contributed by atoms with E-state index in [9.17, 15) is 10.2 Å². The number of β-amino-alcohol motifs (C(OH)–C–C–N with tert-alkyl or cyclic N) is 2. The standard InChI is InChI=1S/C13H26N2O2/c1-10-2-4-13(8-14,5-3-10)9-15-6-11(16)12(17)7-15/h10-12,16-17H,2-9,14H2,1H3. The Hall–Kier alpha value is -0.160. The minimum atomic E-state index is -0.577. The van der Waals surface area contributed by atoms with Crippen molar-refractivity contribution in [3.8, 4) is 0 Å². The van der Waals surface area contributed by atoms with Gasteiger partial charge in [-0.15, -0.1) is 0 Å². The van der Waals surface area contributed by atoms with Crippen molar-refractivity contribution in [2.24, 2.45) is 17.1 Å². The number of hydrogen-bond donors (Lipinski definition) is 3. The zero-order chi connectivity index (χ0) is 12.5. The SMILES string of the molecule is CC1CCC(CN)(CN2CC(O)C(O)C2)CC1. The summed E-state index contributed by atoms with van der Waals surface area (Å²) in [7, 11) is 0. The summed E-state index contributed by atoms with van der Waals surface area (Å²) in [6.45, 7) is 5.16. The molecular formula is C13H26N2O2. The van der Waals surface area contributed by atoms with Gasteiger partial charge in [0.05, 0.1) is 12.2 Å². The van der Waals surface area contributed by atoms with Crippen molar-refractivity contribution in [2.75, 3.05) is 26.2 Å². The number of likely N-dealkylation sites (tertiary alicyclic amines) is 1. The molecule has 0 spiro atoms. The molecule has 0 aromatic rings. The molecule has 0 radical (unpaired) electrons. The van der Waals surface area contributed by atoms with Gasteiger partial charge in [0.1, 0.15) is 0 Å². The van der Waals surface area contributed by atoms with Crippen LogP contribution >= 0.6 is 0 Å². The molecule has 2 unspecified atom stereocenters. The molecule has 0 aromatic carbocycles. The summed E-state index contributed by atoms with van der Waals surface area (Å²) < 4.78 is 0. The highest BCUT2D eigenvalue weighted by molar-refractivity contribution is 4.92. The first kappa shape index (κ1) is 13.3. The first-order valence-corrected chi connectivity index (χ1v) is 6.83. The van der Waals surface area contributed by atoms with Gasteiger partial charge in [0.25, 0.3) is 0 Å². The molecule has 2 fully saturated rings. The summed E-state index contributed by atoms with van der Waals surface area (Å²) in [5.74, 6) is 0.824. The molecule has 2 aliphatic rings. The maximum atomic E-state index is 9.57. The molecule has 1 saturated carbocycles. The highest BCUT2D eigenvalue weighted by atomic mass is 16.3. The van der Waals surface area contributed by atoms with E-state index in [1.165, 1.54) is 25.7 Å². The molecule has 1 heterocycles.